The van der Waals surface area contributed by atoms with Gasteiger partial charge in [0.2, 0.25) is 0 Å². The van der Waals surface area contributed by atoms with Gasteiger partial charge in [0.05, 0.1) is 12.6 Å². The lowest BCUT2D eigenvalue weighted by atomic mass is 10.1. The molecular weight excluding hydrogens is 315 g/mol. The van der Waals surface area contributed by atoms with Gasteiger partial charge in [0.1, 0.15) is 6.04 Å². The van der Waals surface area contributed by atoms with Crippen LogP contribution in [0.3, 0.4) is 0 Å². The third kappa shape index (κ3) is 2.50. The fourth-order valence-corrected chi connectivity index (χ4v) is 3.31. The second kappa shape index (κ2) is 5.48. The molecule has 2 saturated heterocycles. The van der Waals surface area contributed by atoms with E-state index in [-0.39, 0.29) is 24.5 Å². The minimum Gasteiger partial charge on any atom is -0.386 e. The Morgan fingerprint density at radius 1 is 1.33 bits per heavy atom. The first-order chi connectivity index (χ1) is 9.99. The zero-order valence-corrected chi connectivity index (χ0v) is 12.6. The van der Waals surface area contributed by atoms with Gasteiger partial charge in [-0.2, -0.15) is 0 Å². The number of halogens is 2. The summed E-state index contributed by atoms with van der Waals surface area (Å²) in [6.07, 6.45) is 0.484. The average molecular weight is 329 g/mol. The summed E-state index contributed by atoms with van der Waals surface area (Å²) in [4.78, 5) is 27.1. The van der Waals surface area contributed by atoms with Gasteiger partial charge in [-0.15, -0.1) is 0 Å². The molecule has 0 aromatic heterocycles. The highest BCUT2D eigenvalue weighted by Crippen LogP contribution is 2.31. The molecular formula is C14H14Cl2N2O3. The molecule has 2 heterocycles. The van der Waals surface area contributed by atoms with Crippen LogP contribution < -0.4 is 0 Å². The topological polar surface area (TPSA) is 60.9 Å². The zero-order chi connectivity index (χ0) is 15.1. The number of carbonyl (C=O) groups is 2. The number of β-amino-alcohol motifs (C(OH)–C–C–N with tert-alkyl or cyclic N) is 1. The number of hydrogen-bond donors (Lipinski definition) is 1. The van der Waals surface area contributed by atoms with E-state index < -0.39 is 6.10 Å². The van der Waals surface area contributed by atoms with Crippen molar-refractivity contribution >= 4 is 35.1 Å². The fourth-order valence-electron chi connectivity index (χ4n) is 2.89. The highest BCUT2D eigenvalue weighted by Gasteiger charge is 2.47. The maximum absolute atomic E-state index is 12.2. The van der Waals surface area contributed by atoms with Crippen LogP contribution in [0.25, 0.3) is 0 Å². The highest BCUT2D eigenvalue weighted by atomic mass is 35.5. The van der Waals surface area contributed by atoms with Crippen LogP contribution in [0.2, 0.25) is 10.0 Å². The van der Waals surface area contributed by atoms with Crippen LogP contribution in [0.5, 0.6) is 0 Å². The minimum absolute atomic E-state index is 0.106. The van der Waals surface area contributed by atoms with Crippen LogP contribution >= 0.6 is 23.2 Å². The molecule has 0 saturated carbocycles. The lowest BCUT2D eigenvalue weighted by Crippen LogP contribution is -2.36. The van der Waals surface area contributed by atoms with Crippen molar-refractivity contribution in [3.05, 3.63) is 33.8 Å². The predicted octanol–water partition coefficient (Wildman–Crippen LogP) is 2.45. The van der Waals surface area contributed by atoms with E-state index in [0.29, 0.717) is 28.6 Å². The van der Waals surface area contributed by atoms with Crippen molar-refractivity contribution in [3.63, 3.8) is 0 Å². The summed E-state index contributed by atoms with van der Waals surface area (Å²) in [7, 11) is 0. The van der Waals surface area contributed by atoms with Crippen molar-refractivity contribution in [2.24, 2.45) is 0 Å². The van der Waals surface area contributed by atoms with Crippen LogP contribution in [0.4, 0.5) is 4.79 Å². The summed E-state index contributed by atoms with van der Waals surface area (Å²) in [6, 6.07) is 4.04. The maximum atomic E-state index is 12.2. The molecule has 1 aromatic rings. The van der Waals surface area contributed by atoms with Gasteiger partial charge >= 0.3 is 6.03 Å². The first-order valence-electron chi connectivity index (χ1n) is 6.74. The Hall–Kier alpha value is -1.30. The van der Waals surface area contributed by atoms with Gasteiger partial charge in [0.15, 0.2) is 0 Å². The molecule has 2 atom stereocenters. The number of nitrogens with zero attached hydrogens (tertiary/aromatic N) is 2. The first-order valence-corrected chi connectivity index (χ1v) is 7.49. The van der Waals surface area contributed by atoms with E-state index in [1.54, 1.807) is 23.1 Å². The van der Waals surface area contributed by atoms with Crippen molar-refractivity contribution in [2.75, 3.05) is 13.1 Å². The number of aliphatic hydroxyl groups excluding tert-OH is 1. The summed E-state index contributed by atoms with van der Waals surface area (Å²) in [6.45, 7) is 0.491. The number of fused-ring (bicyclic) bond motifs is 1. The largest absolute Gasteiger partial charge is 0.386 e. The normalized spacial score (nSPS) is 22.9. The molecule has 21 heavy (non-hydrogen) atoms. The van der Waals surface area contributed by atoms with E-state index in [0.717, 1.165) is 11.3 Å². The van der Waals surface area contributed by atoms with Crippen molar-refractivity contribution in [1.29, 1.82) is 0 Å². The summed E-state index contributed by atoms with van der Waals surface area (Å²) in [5.41, 5.74) is 0.414. The van der Waals surface area contributed by atoms with Crippen LogP contribution in [0.15, 0.2) is 18.2 Å². The van der Waals surface area contributed by atoms with Gasteiger partial charge in [-0.05, 0) is 31.0 Å². The Labute approximate surface area is 132 Å². The molecule has 0 aliphatic carbocycles. The second-order valence-corrected chi connectivity index (χ2v) is 6.11. The van der Waals surface area contributed by atoms with E-state index in [1.165, 1.54) is 0 Å². The molecule has 2 aliphatic heterocycles. The number of carbonyl (C=O) groups excluding carboxylic acids is 2. The Bertz CT molecular complexity index is 586. The maximum Gasteiger partial charge on any atom is 0.327 e. The number of urea groups is 1. The molecule has 3 amide bonds. The highest BCUT2D eigenvalue weighted by molar-refractivity contribution is 6.33. The van der Waals surface area contributed by atoms with Crippen LogP contribution in [0.1, 0.15) is 24.5 Å². The number of aliphatic hydroxyl groups is 1. The molecule has 0 spiro atoms. The van der Waals surface area contributed by atoms with E-state index in [2.05, 4.69) is 0 Å². The molecule has 7 heteroatoms. The number of imide groups is 1. The Morgan fingerprint density at radius 3 is 2.81 bits per heavy atom. The predicted molar refractivity (Wildman–Crippen MR) is 78.3 cm³/mol. The van der Waals surface area contributed by atoms with Crippen molar-refractivity contribution in [1.82, 2.24) is 9.80 Å². The lowest BCUT2D eigenvalue weighted by Gasteiger charge is -2.20. The third-order valence-corrected chi connectivity index (χ3v) is 4.53. The van der Waals surface area contributed by atoms with E-state index >= 15 is 0 Å². The van der Waals surface area contributed by atoms with Crippen LogP contribution in [-0.2, 0) is 4.79 Å². The number of benzene rings is 1. The quantitative estimate of drug-likeness (QED) is 0.867. The number of rotatable bonds is 3. The van der Waals surface area contributed by atoms with Gasteiger partial charge in [0.25, 0.3) is 5.91 Å². The number of hydrogen-bond acceptors (Lipinski definition) is 3. The van der Waals surface area contributed by atoms with Gasteiger partial charge in [-0.25, -0.2) is 4.79 Å². The SMILES string of the molecule is O=C1[C@@H]2CCCN2C(=O)N1C[C@@H](O)c1cc(Cl)ccc1Cl. The molecule has 1 aromatic carbocycles. The van der Waals surface area contributed by atoms with Crippen molar-refractivity contribution < 1.29 is 14.7 Å². The lowest BCUT2D eigenvalue weighted by molar-refractivity contribution is -0.128. The molecule has 0 radical (unpaired) electrons. The molecule has 0 unspecified atom stereocenters. The van der Waals surface area contributed by atoms with Crippen molar-refractivity contribution in [3.8, 4) is 0 Å². The minimum atomic E-state index is -1.05. The molecule has 3 rings (SSSR count). The third-order valence-electron chi connectivity index (χ3n) is 3.95. The Balaban J connectivity index is 1.79. The monoisotopic (exact) mass is 328 g/mol. The van der Waals surface area contributed by atoms with Gasteiger partial charge in [0, 0.05) is 22.2 Å². The smallest absolute Gasteiger partial charge is 0.327 e. The van der Waals surface area contributed by atoms with Gasteiger partial charge in [-0.1, -0.05) is 23.2 Å². The van der Waals surface area contributed by atoms with E-state index in [4.69, 9.17) is 23.2 Å². The molecule has 2 aliphatic rings. The first kappa shape index (κ1) is 14.6. The summed E-state index contributed by atoms with van der Waals surface area (Å²) in [5.74, 6) is -0.241. The van der Waals surface area contributed by atoms with Crippen LogP contribution in [-0.4, -0.2) is 46.0 Å². The van der Waals surface area contributed by atoms with Gasteiger partial charge < -0.3 is 10.0 Å². The summed E-state index contributed by atoms with van der Waals surface area (Å²) >= 11 is 11.9. The number of amides is 3. The molecule has 5 nitrogen and oxygen atoms in total. The fraction of sp³-hybridized carbons (Fsp3) is 0.429. The molecule has 2 fully saturated rings. The molecule has 112 valence electrons. The standard InChI is InChI=1S/C14H14Cl2N2O3/c15-8-3-4-10(16)9(6-8)12(19)7-18-13(20)11-2-1-5-17(11)14(18)21/h3-4,6,11-12,19H,1-2,5,7H2/t11-,12+/m0/s1. The van der Waals surface area contributed by atoms with Crippen LogP contribution in [0, 0.1) is 0 Å². The molecule has 0 bridgehead atoms. The second-order valence-electron chi connectivity index (χ2n) is 5.26. The van der Waals surface area contributed by atoms with Crippen molar-refractivity contribution in [2.45, 2.75) is 25.0 Å². The summed E-state index contributed by atoms with van der Waals surface area (Å²) in [5, 5.41) is 11.1. The Kier molecular flexibility index (Phi) is 3.82. The Morgan fingerprint density at radius 2 is 2.10 bits per heavy atom. The van der Waals surface area contributed by atoms with E-state index in [1.807, 2.05) is 0 Å². The van der Waals surface area contributed by atoms with E-state index in [9.17, 15) is 14.7 Å². The zero-order valence-electron chi connectivity index (χ0n) is 11.1. The molecule has 1 N–H and O–H groups in total. The average Bonchev–Trinajstić information content (AvgIpc) is 3.01. The van der Waals surface area contributed by atoms with Gasteiger partial charge in [-0.3, -0.25) is 9.69 Å². The summed E-state index contributed by atoms with van der Waals surface area (Å²) < 4.78 is 0.